The maximum absolute atomic E-state index is 14.5. The Bertz CT molecular complexity index is 974. The highest BCUT2D eigenvalue weighted by Gasteiger charge is 2.46. The lowest BCUT2D eigenvalue weighted by molar-refractivity contribution is -0.415. The molecule has 0 aliphatic carbocycles. The van der Waals surface area contributed by atoms with Crippen LogP contribution in [-0.4, -0.2) is 18.3 Å². The van der Waals surface area contributed by atoms with E-state index in [9.17, 15) is 35.8 Å². The third-order valence-corrected chi connectivity index (χ3v) is 5.27. The van der Waals surface area contributed by atoms with Crippen LogP contribution in [0.1, 0.15) is 44.2 Å². The van der Waals surface area contributed by atoms with Gasteiger partial charge in [-0.05, 0) is 18.6 Å². The van der Waals surface area contributed by atoms with E-state index in [2.05, 4.69) is 4.74 Å². The summed E-state index contributed by atoms with van der Waals surface area (Å²) in [4.78, 5) is 0. The molecular weight excluding hydrogens is 461 g/mol. The maximum Gasteiger partial charge on any atom is 0.432 e. The first-order valence-electron chi connectivity index (χ1n) is 10.0. The highest BCUT2D eigenvalue weighted by molar-refractivity contribution is 5.32. The molecule has 1 aliphatic heterocycles. The van der Waals surface area contributed by atoms with Gasteiger partial charge in [-0.2, -0.15) is 8.78 Å². The average molecular weight is 482 g/mol. The molecule has 1 N–H and O–H groups in total. The van der Waals surface area contributed by atoms with Crippen molar-refractivity contribution in [1.29, 1.82) is 0 Å². The first-order chi connectivity index (χ1) is 15.3. The number of hydrogen-bond donors (Lipinski definition) is 1. The molecule has 11 heteroatoms. The van der Waals surface area contributed by atoms with Gasteiger partial charge in [-0.15, -0.1) is 0 Å². The summed E-state index contributed by atoms with van der Waals surface area (Å²) in [7, 11) is 0. The highest BCUT2D eigenvalue weighted by atomic mass is 19.3. The first-order valence-corrected chi connectivity index (χ1v) is 10.0. The molecular formula is C22H21F7O4. The standard InChI is InChI=1S/C22H21F7O4/c1-3-4-5-20(2)10-31-22(30,32-11-20)12-6-14(23)18(15(24)7-12)21(28,29)33-13-8-16(25)19(27)17(26)9-13/h6-9,30H,3-5,10-11H2,1-2H3. The van der Waals surface area contributed by atoms with E-state index < -0.39 is 63.5 Å². The van der Waals surface area contributed by atoms with Gasteiger partial charge < -0.3 is 19.3 Å². The lowest BCUT2D eigenvalue weighted by atomic mass is 9.86. The molecule has 0 radical (unpaired) electrons. The van der Waals surface area contributed by atoms with E-state index in [4.69, 9.17) is 9.47 Å². The topological polar surface area (TPSA) is 47.9 Å². The number of benzene rings is 2. The van der Waals surface area contributed by atoms with Crippen molar-refractivity contribution in [2.24, 2.45) is 5.41 Å². The zero-order valence-electron chi connectivity index (χ0n) is 17.7. The van der Waals surface area contributed by atoms with E-state index in [-0.39, 0.29) is 25.3 Å². The van der Waals surface area contributed by atoms with Crippen molar-refractivity contribution >= 4 is 0 Å². The van der Waals surface area contributed by atoms with E-state index in [0.29, 0.717) is 18.6 Å². The Balaban J connectivity index is 1.85. The number of unbranched alkanes of at least 4 members (excludes halogenated alkanes) is 1. The van der Waals surface area contributed by atoms with Gasteiger partial charge in [0.25, 0.3) is 0 Å². The molecule has 2 aromatic rings. The Morgan fingerprint density at radius 3 is 1.94 bits per heavy atom. The fourth-order valence-corrected chi connectivity index (χ4v) is 3.37. The van der Waals surface area contributed by atoms with Crippen LogP contribution < -0.4 is 4.74 Å². The van der Waals surface area contributed by atoms with Crippen LogP contribution in [-0.2, 0) is 21.6 Å². The van der Waals surface area contributed by atoms with Gasteiger partial charge in [-0.3, -0.25) is 0 Å². The number of alkyl halides is 2. The second-order valence-electron chi connectivity index (χ2n) is 8.21. The van der Waals surface area contributed by atoms with Gasteiger partial charge >= 0.3 is 12.1 Å². The molecule has 33 heavy (non-hydrogen) atoms. The van der Waals surface area contributed by atoms with Crippen molar-refractivity contribution in [2.75, 3.05) is 13.2 Å². The van der Waals surface area contributed by atoms with Gasteiger partial charge in [-0.25, -0.2) is 22.0 Å². The normalized spacial score (nSPS) is 23.6. The average Bonchev–Trinajstić information content (AvgIpc) is 2.72. The summed E-state index contributed by atoms with van der Waals surface area (Å²) in [5.74, 6) is -13.1. The van der Waals surface area contributed by atoms with Crippen LogP contribution in [0.15, 0.2) is 24.3 Å². The molecule has 0 unspecified atom stereocenters. The summed E-state index contributed by atoms with van der Waals surface area (Å²) in [5.41, 5.74) is -2.98. The smallest absolute Gasteiger partial charge is 0.429 e. The molecule has 3 rings (SSSR count). The first kappa shape index (κ1) is 25.3. The van der Waals surface area contributed by atoms with Crippen molar-refractivity contribution in [3.05, 3.63) is 64.5 Å². The molecule has 1 aliphatic rings. The predicted octanol–water partition coefficient (Wildman–Crippen LogP) is 5.86. The number of aliphatic hydroxyl groups is 1. The summed E-state index contributed by atoms with van der Waals surface area (Å²) in [6.45, 7) is 3.79. The van der Waals surface area contributed by atoms with Crippen LogP contribution in [0.5, 0.6) is 5.75 Å². The van der Waals surface area contributed by atoms with E-state index in [1.807, 2.05) is 13.8 Å². The van der Waals surface area contributed by atoms with Crippen molar-refractivity contribution in [3.8, 4) is 5.75 Å². The summed E-state index contributed by atoms with van der Waals surface area (Å²) < 4.78 is 112. The van der Waals surface area contributed by atoms with Gasteiger partial charge in [0.05, 0.1) is 13.2 Å². The van der Waals surface area contributed by atoms with Crippen molar-refractivity contribution < 1.29 is 50.1 Å². The van der Waals surface area contributed by atoms with Crippen LogP contribution >= 0.6 is 0 Å². The second-order valence-corrected chi connectivity index (χ2v) is 8.21. The number of ether oxygens (including phenoxy) is 3. The molecule has 0 amide bonds. The minimum atomic E-state index is -4.75. The summed E-state index contributed by atoms with van der Waals surface area (Å²) in [6.07, 6.45) is -2.28. The van der Waals surface area contributed by atoms with Crippen molar-refractivity contribution in [3.63, 3.8) is 0 Å². The van der Waals surface area contributed by atoms with Gasteiger partial charge in [0, 0.05) is 23.1 Å². The van der Waals surface area contributed by atoms with Gasteiger partial charge in [0.15, 0.2) is 17.5 Å². The predicted molar refractivity (Wildman–Crippen MR) is 101 cm³/mol. The van der Waals surface area contributed by atoms with E-state index in [1.165, 1.54) is 0 Å². The SMILES string of the molecule is CCCCC1(C)COC(O)(c2cc(F)c(C(F)(F)Oc3cc(F)c(F)c(F)c3)c(F)c2)OC1. The number of rotatable bonds is 7. The minimum absolute atomic E-state index is 0.0184. The Morgan fingerprint density at radius 1 is 0.939 bits per heavy atom. The van der Waals surface area contributed by atoms with E-state index in [1.54, 1.807) is 0 Å². The summed E-state index contributed by atoms with van der Waals surface area (Å²) in [6, 6.07) is 0.934. The highest BCUT2D eigenvalue weighted by Crippen LogP contribution is 2.41. The van der Waals surface area contributed by atoms with E-state index >= 15 is 0 Å². The molecule has 1 heterocycles. The third kappa shape index (κ3) is 5.25. The van der Waals surface area contributed by atoms with Crippen LogP contribution in [0.2, 0.25) is 0 Å². The van der Waals surface area contributed by atoms with Crippen molar-refractivity contribution in [1.82, 2.24) is 0 Å². The lowest BCUT2D eigenvalue weighted by Crippen LogP contribution is -2.47. The Morgan fingerprint density at radius 2 is 1.45 bits per heavy atom. The molecule has 2 aromatic carbocycles. The fraction of sp³-hybridized carbons (Fsp3) is 0.455. The monoisotopic (exact) mass is 482 g/mol. The van der Waals surface area contributed by atoms with Gasteiger partial charge in [0.1, 0.15) is 22.9 Å². The third-order valence-electron chi connectivity index (χ3n) is 5.27. The van der Waals surface area contributed by atoms with Gasteiger partial charge in [-0.1, -0.05) is 26.7 Å². The zero-order valence-corrected chi connectivity index (χ0v) is 17.7. The molecule has 0 aromatic heterocycles. The molecule has 0 spiro atoms. The largest absolute Gasteiger partial charge is 0.432 e. The molecule has 1 fully saturated rings. The Kier molecular flexibility index (Phi) is 6.97. The summed E-state index contributed by atoms with van der Waals surface area (Å²) >= 11 is 0. The molecule has 0 atom stereocenters. The molecule has 182 valence electrons. The molecule has 0 saturated carbocycles. The van der Waals surface area contributed by atoms with E-state index in [0.717, 1.165) is 12.8 Å². The van der Waals surface area contributed by atoms with Crippen LogP contribution in [0.25, 0.3) is 0 Å². The quantitative estimate of drug-likeness (QED) is 0.397. The molecule has 0 bridgehead atoms. The number of hydrogen-bond acceptors (Lipinski definition) is 4. The maximum atomic E-state index is 14.5. The minimum Gasteiger partial charge on any atom is -0.429 e. The van der Waals surface area contributed by atoms with Crippen LogP contribution in [0.4, 0.5) is 30.7 Å². The lowest BCUT2D eigenvalue weighted by Gasteiger charge is -2.42. The van der Waals surface area contributed by atoms with Gasteiger partial charge in [0.2, 0.25) is 0 Å². The fourth-order valence-electron chi connectivity index (χ4n) is 3.37. The Labute approximate surface area is 184 Å². The zero-order chi connectivity index (χ0) is 24.6. The summed E-state index contributed by atoms with van der Waals surface area (Å²) in [5, 5.41) is 10.5. The van der Waals surface area contributed by atoms with Crippen LogP contribution in [0, 0.1) is 34.5 Å². The molecule has 1 saturated heterocycles. The van der Waals surface area contributed by atoms with Crippen LogP contribution in [0.3, 0.4) is 0 Å². The second kappa shape index (κ2) is 9.11. The number of halogens is 7. The van der Waals surface area contributed by atoms with Crippen molar-refractivity contribution in [2.45, 2.75) is 45.2 Å². The molecule has 4 nitrogen and oxygen atoms in total. The Hall–Kier alpha value is -2.37.